The minimum absolute atomic E-state index is 0.909. The highest BCUT2D eigenvalue weighted by molar-refractivity contribution is 6.11. The van der Waals surface area contributed by atoms with Gasteiger partial charge in [0, 0.05) is 49.7 Å². The van der Waals surface area contributed by atoms with Crippen molar-refractivity contribution in [2.24, 2.45) is 0 Å². The molecule has 0 amide bonds. The molecule has 0 saturated carbocycles. The van der Waals surface area contributed by atoms with Gasteiger partial charge in [-0.15, -0.1) is 0 Å². The highest BCUT2D eigenvalue weighted by Crippen LogP contribution is 2.42. The zero-order chi connectivity index (χ0) is 41.7. The number of hydrogen-bond acceptors (Lipinski definition) is 2. The van der Waals surface area contributed by atoms with Crippen LogP contribution in [-0.4, -0.2) is 4.57 Å². The van der Waals surface area contributed by atoms with Crippen molar-refractivity contribution >= 4 is 60.8 Å². The molecular weight excluding hydrogens is 765 g/mol. The molecule has 10 aromatic carbocycles. The monoisotopic (exact) mass is 804 g/mol. The van der Waals surface area contributed by atoms with Crippen LogP contribution in [0.3, 0.4) is 0 Å². The number of furan rings is 1. The highest BCUT2D eigenvalue weighted by Gasteiger charge is 2.19. The summed E-state index contributed by atoms with van der Waals surface area (Å²) in [5.74, 6) is 0. The number of fused-ring (bicyclic) bond motifs is 6. The SMILES string of the molecule is c1ccc(N(c2ccc(-c3cccc(-c4cccc5c4oc4ccccc45)c3)cc2)c2ccc(-c3ccccc3-c3ccccc3-n3c4ccccc4c4ccccc43)cc2)cc1. The molecule has 2 aromatic heterocycles. The summed E-state index contributed by atoms with van der Waals surface area (Å²) in [4.78, 5) is 2.33. The Hall–Kier alpha value is -8.40. The molecule has 0 unspecified atom stereocenters. The van der Waals surface area contributed by atoms with Crippen LogP contribution in [0, 0.1) is 0 Å². The number of aromatic nitrogens is 1. The van der Waals surface area contributed by atoms with Crippen LogP contribution in [0.5, 0.6) is 0 Å². The van der Waals surface area contributed by atoms with Gasteiger partial charge in [0.2, 0.25) is 0 Å². The van der Waals surface area contributed by atoms with Crippen LogP contribution in [0.15, 0.2) is 247 Å². The van der Waals surface area contributed by atoms with Crippen LogP contribution in [0.2, 0.25) is 0 Å². The van der Waals surface area contributed by atoms with E-state index in [1.54, 1.807) is 0 Å². The van der Waals surface area contributed by atoms with Crippen molar-refractivity contribution in [2.75, 3.05) is 4.90 Å². The maximum atomic E-state index is 6.41. The van der Waals surface area contributed by atoms with Gasteiger partial charge in [0.15, 0.2) is 0 Å². The first kappa shape index (κ1) is 36.5. The molecule has 3 heteroatoms. The molecule has 0 aliphatic heterocycles. The smallest absolute Gasteiger partial charge is 0.143 e. The number of benzene rings is 10. The van der Waals surface area contributed by atoms with E-state index in [9.17, 15) is 0 Å². The van der Waals surface area contributed by atoms with Gasteiger partial charge in [-0.3, -0.25) is 0 Å². The molecule has 0 spiro atoms. The van der Waals surface area contributed by atoms with Gasteiger partial charge < -0.3 is 13.9 Å². The van der Waals surface area contributed by atoms with Gasteiger partial charge in [0.25, 0.3) is 0 Å². The minimum atomic E-state index is 0.909. The largest absolute Gasteiger partial charge is 0.455 e. The maximum absolute atomic E-state index is 6.41. The quantitative estimate of drug-likeness (QED) is 0.153. The molecule has 3 nitrogen and oxygen atoms in total. The topological polar surface area (TPSA) is 21.3 Å². The van der Waals surface area contributed by atoms with E-state index in [-0.39, 0.29) is 0 Å². The lowest BCUT2D eigenvalue weighted by Crippen LogP contribution is -2.09. The van der Waals surface area contributed by atoms with Gasteiger partial charge >= 0.3 is 0 Å². The average Bonchev–Trinajstić information content (AvgIpc) is 3.91. The third kappa shape index (κ3) is 6.29. The van der Waals surface area contributed by atoms with Crippen LogP contribution in [-0.2, 0) is 0 Å². The fourth-order valence-electron chi connectivity index (χ4n) is 9.51. The van der Waals surface area contributed by atoms with Crippen LogP contribution in [0.4, 0.5) is 17.1 Å². The van der Waals surface area contributed by atoms with Gasteiger partial charge in [-0.2, -0.15) is 0 Å². The van der Waals surface area contributed by atoms with E-state index in [0.29, 0.717) is 0 Å². The Morgan fingerprint density at radius 3 is 1.54 bits per heavy atom. The standard InChI is InChI=1S/C60H40N2O/c1-2-18-45(19-3-1)61(46-36-32-41(33-37-46)43-16-14-17-44(40-43)49-26-15-27-55-54-25-9-13-31-59(54)63-60(49)55)47-38-34-42(35-39-47)48-20-4-5-21-50(48)51-22-6-10-28-56(51)62-57-29-11-7-23-52(57)53-24-8-12-30-58(53)62/h1-40H. The van der Waals surface area contributed by atoms with E-state index < -0.39 is 0 Å². The molecule has 0 saturated heterocycles. The van der Waals surface area contributed by atoms with E-state index in [4.69, 9.17) is 4.42 Å². The summed E-state index contributed by atoms with van der Waals surface area (Å²) in [5, 5.41) is 4.79. The second-order valence-corrected chi connectivity index (χ2v) is 16.1. The Labute approximate surface area is 366 Å². The number of rotatable bonds is 8. The third-order valence-electron chi connectivity index (χ3n) is 12.4. The van der Waals surface area contributed by atoms with Gasteiger partial charge in [0.1, 0.15) is 11.2 Å². The fourth-order valence-corrected chi connectivity index (χ4v) is 9.51. The molecule has 63 heavy (non-hydrogen) atoms. The molecule has 0 fully saturated rings. The van der Waals surface area contributed by atoms with E-state index in [1.165, 1.54) is 38.5 Å². The molecule has 0 radical (unpaired) electrons. The van der Waals surface area contributed by atoms with Gasteiger partial charge in [-0.25, -0.2) is 0 Å². The number of para-hydroxylation sites is 6. The van der Waals surface area contributed by atoms with Crippen molar-refractivity contribution in [2.45, 2.75) is 0 Å². The van der Waals surface area contributed by atoms with Crippen molar-refractivity contribution in [3.05, 3.63) is 243 Å². The first-order valence-corrected chi connectivity index (χ1v) is 21.5. The van der Waals surface area contributed by atoms with Gasteiger partial charge in [0.05, 0.1) is 16.7 Å². The summed E-state index contributed by atoms with van der Waals surface area (Å²) in [6.07, 6.45) is 0. The summed E-state index contributed by atoms with van der Waals surface area (Å²) in [6.45, 7) is 0. The fraction of sp³-hybridized carbons (Fsp3) is 0. The van der Waals surface area contributed by atoms with Crippen molar-refractivity contribution in [1.29, 1.82) is 0 Å². The van der Waals surface area contributed by atoms with Crippen LogP contribution >= 0.6 is 0 Å². The predicted molar refractivity (Wildman–Crippen MR) is 264 cm³/mol. The normalized spacial score (nSPS) is 11.5. The Bertz CT molecular complexity index is 3560. The first-order chi connectivity index (χ1) is 31.3. The van der Waals surface area contributed by atoms with Crippen molar-refractivity contribution in [3.63, 3.8) is 0 Å². The lowest BCUT2D eigenvalue weighted by atomic mass is 9.93. The second kappa shape index (κ2) is 15.3. The molecule has 0 bridgehead atoms. The van der Waals surface area contributed by atoms with Crippen LogP contribution in [0.1, 0.15) is 0 Å². The Balaban J connectivity index is 0.892. The summed E-state index contributed by atoms with van der Waals surface area (Å²) >= 11 is 0. The zero-order valence-corrected chi connectivity index (χ0v) is 34.4. The van der Waals surface area contributed by atoms with Crippen molar-refractivity contribution in [1.82, 2.24) is 4.57 Å². The molecule has 2 heterocycles. The zero-order valence-electron chi connectivity index (χ0n) is 34.4. The number of anilines is 3. The second-order valence-electron chi connectivity index (χ2n) is 16.1. The molecule has 296 valence electrons. The van der Waals surface area contributed by atoms with Crippen LogP contribution < -0.4 is 4.90 Å². The third-order valence-corrected chi connectivity index (χ3v) is 12.4. The van der Waals surface area contributed by atoms with E-state index in [2.05, 4.69) is 240 Å². The van der Waals surface area contributed by atoms with E-state index >= 15 is 0 Å². The van der Waals surface area contributed by atoms with E-state index in [1.807, 2.05) is 12.1 Å². The lowest BCUT2D eigenvalue weighted by molar-refractivity contribution is 0.670. The number of hydrogen-bond donors (Lipinski definition) is 0. The van der Waals surface area contributed by atoms with Crippen LogP contribution in [0.25, 0.3) is 93.9 Å². The van der Waals surface area contributed by atoms with Gasteiger partial charge in [-0.1, -0.05) is 176 Å². The Morgan fingerprint density at radius 2 is 0.810 bits per heavy atom. The summed E-state index contributed by atoms with van der Waals surface area (Å²) in [7, 11) is 0. The Kier molecular flexibility index (Phi) is 8.83. The Morgan fingerprint density at radius 1 is 0.302 bits per heavy atom. The van der Waals surface area contributed by atoms with E-state index in [0.717, 1.165) is 72.5 Å². The molecule has 0 aliphatic carbocycles. The molecule has 0 aliphatic rings. The molecule has 12 rings (SSSR count). The highest BCUT2D eigenvalue weighted by atomic mass is 16.3. The molecule has 0 atom stereocenters. The average molecular weight is 805 g/mol. The van der Waals surface area contributed by atoms with Gasteiger partial charge in [-0.05, 0) is 100 Å². The van der Waals surface area contributed by atoms with Crippen molar-refractivity contribution < 1.29 is 4.42 Å². The summed E-state index contributed by atoms with van der Waals surface area (Å²) in [5.41, 5.74) is 17.9. The molecular formula is C60H40N2O. The molecule has 12 aromatic rings. The lowest BCUT2D eigenvalue weighted by Gasteiger charge is -2.26. The number of nitrogens with zero attached hydrogens (tertiary/aromatic N) is 2. The summed E-state index contributed by atoms with van der Waals surface area (Å²) in [6, 6.07) is 87.0. The molecule has 0 N–H and O–H groups in total. The minimum Gasteiger partial charge on any atom is -0.455 e. The first-order valence-electron chi connectivity index (χ1n) is 21.5. The summed E-state index contributed by atoms with van der Waals surface area (Å²) < 4.78 is 8.83. The predicted octanol–water partition coefficient (Wildman–Crippen LogP) is 16.8. The maximum Gasteiger partial charge on any atom is 0.143 e. The van der Waals surface area contributed by atoms with Crippen molar-refractivity contribution in [3.8, 4) is 50.2 Å².